The van der Waals surface area contributed by atoms with Crippen LogP contribution in [0.25, 0.3) is 10.9 Å². The van der Waals surface area contributed by atoms with E-state index in [4.69, 9.17) is 5.26 Å². The van der Waals surface area contributed by atoms with Crippen molar-refractivity contribution in [3.63, 3.8) is 0 Å². The maximum atomic E-state index is 11.7. The van der Waals surface area contributed by atoms with Gasteiger partial charge in [-0.2, -0.15) is 5.26 Å². The van der Waals surface area contributed by atoms with Crippen molar-refractivity contribution >= 4 is 10.9 Å². The molecule has 0 saturated heterocycles. The van der Waals surface area contributed by atoms with E-state index >= 15 is 0 Å². The van der Waals surface area contributed by atoms with Crippen LogP contribution < -0.4 is 10.7 Å². The number of aryl methyl sites for hydroxylation is 1. The zero-order valence-corrected chi connectivity index (χ0v) is 8.02. The minimum absolute atomic E-state index is 0.323. The second kappa shape index (κ2) is 3.14. The fraction of sp³-hybridized carbons (Fsp3) is 0.0909. The second-order valence-electron chi connectivity index (χ2n) is 3.20. The third-order valence-electron chi connectivity index (χ3n) is 2.37. The molecular formula is C11H7N2O2-. The van der Waals surface area contributed by atoms with E-state index in [-0.39, 0.29) is 5.56 Å². The highest BCUT2D eigenvalue weighted by Gasteiger charge is 2.07. The zero-order chi connectivity index (χ0) is 11.0. The summed E-state index contributed by atoms with van der Waals surface area (Å²) in [4.78, 5) is 11.6. The molecule has 2 aromatic rings. The summed E-state index contributed by atoms with van der Waals surface area (Å²) in [5.74, 6) is -0.490. The first-order chi connectivity index (χ1) is 7.16. The zero-order valence-electron chi connectivity index (χ0n) is 8.02. The van der Waals surface area contributed by atoms with Gasteiger partial charge in [-0.05, 0) is 11.5 Å². The van der Waals surface area contributed by atoms with Crippen LogP contribution in [-0.4, -0.2) is 4.57 Å². The molecule has 1 aromatic carbocycles. The summed E-state index contributed by atoms with van der Waals surface area (Å²) in [6.07, 6.45) is 0. The lowest BCUT2D eigenvalue weighted by molar-refractivity contribution is -0.266. The lowest BCUT2D eigenvalue weighted by atomic mass is 10.1. The van der Waals surface area contributed by atoms with Crippen LogP contribution >= 0.6 is 0 Å². The Hall–Kier alpha value is -2.28. The molecule has 4 nitrogen and oxygen atoms in total. The molecule has 0 atom stereocenters. The minimum atomic E-state index is -0.541. The molecule has 1 aromatic heterocycles. The van der Waals surface area contributed by atoms with E-state index in [9.17, 15) is 9.90 Å². The quantitative estimate of drug-likeness (QED) is 0.619. The highest BCUT2D eigenvalue weighted by atomic mass is 16.3. The number of aromatic nitrogens is 1. The predicted octanol–water partition coefficient (Wildman–Crippen LogP) is 0.484. The molecule has 0 fully saturated rings. The fourth-order valence-corrected chi connectivity index (χ4v) is 1.57. The van der Waals surface area contributed by atoms with Crippen molar-refractivity contribution in [2.75, 3.05) is 0 Å². The van der Waals surface area contributed by atoms with Crippen molar-refractivity contribution < 1.29 is 5.11 Å². The van der Waals surface area contributed by atoms with Crippen molar-refractivity contribution in [3.8, 4) is 11.8 Å². The van der Waals surface area contributed by atoms with Gasteiger partial charge in [0.2, 0.25) is 0 Å². The summed E-state index contributed by atoms with van der Waals surface area (Å²) < 4.78 is 1.31. The van der Waals surface area contributed by atoms with E-state index in [0.717, 1.165) is 0 Å². The molecular weight excluding hydrogens is 192 g/mol. The molecule has 15 heavy (non-hydrogen) atoms. The Labute approximate surface area is 85.6 Å². The Morgan fingerprint density at radius 1 is 1.40 bits per heavy atom. The topological polar surface area (TPSA) is 68.8 Å². The molecule has 74 valence electrons. The normalized spacial score (nSPS) is 10.1. The van der Waals surface area contributed by atoms with Crippen LogP contribution in [-0.2, 0) is 7.05 Å². The molecule has 2 rings (SSSR count). The van der Waals surface area contributed by atoms with E-state index in [0.29, 0.717) is 10.9 Å². The molecule has 0 unspecified atom stereocenters. The molecule has 0 saturated carbocycles. The first-order valence-electron chi connectivity index (χ1n) is 4.35. The van der Waals surface area contributed by atoms with Gasteiger partial charge in [-0.15, -0.1) is 0 Å². The largest absolute Gasteiger partial charge is 0.871 e. The van der Waals surface area contributed by atoms with Gasteiger partial charge >= 0.3 is 0 Å². The van der Waals surface area contributed by atoms with Gasteiger partial charge in [0, 0.05) is 7.05 Å². The minimum Gasteiger partial charge on any atom is -0.871 e. The third-order valence-corrected chi connectivity index (χ3v) is 2.37. The molecule has 1 heterocycles. The number of benzene rings is 1. The smallest absolute Gasteiger partial charge is 0.268 e. The van der Waals surface area contributed by atoms with Crippen LogP contribution in [0.4, 0.5) is 0 Å². The first kappa shape index (κ1) is 9.28. The Kier molecular flexibility index (Phi) is 1.94. The standard InChI is InChI=1S/C11H8N2O2/c1-13-9-5-3-2-4-7(9)10(14)8(6-12)11(13)15/h2-5,14H,1H3/p-1. The Morgan fingerprint density at radius 2 is 2.07 bits per heavy atom. The van der Waals surface area contributed by atoms with Gasteiger partial charge in [-0.3, -0.25) is 4.79 Å². The molecule has 0 amide bonds. The number of nitrogens with zero attached hydrogens (tertiary/aromatic N) is 2. The van der Waals surface area contributed by atoms with Crippen LogP contribution in [0.3, 0.4) is 0 Å². The summed E-state index contributed by atoms with van der Waals surface area (Å²) in [5.41, 5.74) is -0.316. The van der Waals surface area contributed by atoms with Crippen LogP contribution in [0.5, 0.6) is 5.75 Å². The maximum Gasteiger partial charge on any atom is 0.268 e. The van der Waals surface area contributed by atoms with Crippen LogP contribution in [0.15, 0.2) is 29.1 Å². The Balaban J connectivity index is 3.12. The van der Waals surface area contributed by atoms with Crippen LogP contribution in [0, 0.1) is 11.3 Å². The monoisotopic (exact) mass is 199 g/mol. The molecule has 0 N–H and O–H groups in total. The average molecular weight is 199 g/mol. The van der Waals surface area contributed by atoms with Gasteiger partial charge in [0.1, 0.15) is 11.6 Å². The maximum absolute atomic E-state index is 11.7. The Morgan fingerprint density at radius 3 is 2.73 bits per heavy atom. The van der Waals surface area contributed by atoms with E-state index < -0.39 is 11.3 Å². The van der Waals surface area contributed by atoms with Gasteiger partial charge in [-0.1, -0.05) is 23.9 Å². The second-order valence-corrected chi connectivity index (χ2v) is 3.20. The van der Waals surface area contributed by atoms with E-state index in [1.165, 1.54) is 4.57 Å². The number of nitriles is 1. The van der Waals surface area contributed by atoms with Crippen molar-refractivity contribution in [3.05, 3.63) is 40.2 Å². The lowest BCUT2D eigenvalue weighted by Gasteiger charge is -2.14. The molecule has 0 radical (unpaired) electrons. The van der Waals surface area contributed by atoms with Gasteiger partial charge in [0.15, 0.2) is 0 Å². The van der Waals surface area contributed by atoms with Crippen molar-refractivity contribution in [2.45, 2.75) is 0 Å². The molecule has 0 aliphatic rings. The summed E-state index contributed by atoms with van der Waals surface area (Å²) in [6, 6.07) is 8.39. The summed E-state index contributed by atoms with van der Waals surface area (Å²) in [7, 11) is 1.55. The highest BCUT2D eigenvalue weighted by molar-refractivity contribution is 5.86. The van der Waals surface area contributed by atoms with Gasteiger partial charge < -0.3 is 9.67 Å². The number of para-hydroxylation sites is 1. The van der Waals surface area contributed by atoms with Crippen molar-refractivity contribution in [1.82, 2.24) is 4.57 Å². The number of hydrogen-bond acceptors (Lipinski definition) is 3. The molecule has 0 aliphatic heterocycles. The fourth-order valence-electron chi connectivity index (χ4n) is 1.57. The van der Waals surface area contributed by atoms with E-state index in [2.05, 4.69) is 0 Å². The van der Waals surface area contributed by atoms with Crippen molar-refractivity contribution in [1.29, 1.82) is 5.26 Å². The highest BCUT2D eigenvalue weighted by Crippen LogP contribution is 2.22. The molecule has 4 heteroatoms. The molecule has 0 aliphatic carbocycles. The van der Waals surface area contributed by atoms with E-state index in [1.807, 2.05) is 0 Å². The molecule has 0 bridgehead atoms. The summed E-state index contributed by atoms with van der Waals surface area (Å²) in [5, 5.41) is 20.8. The number of rotatable bonds is 0. The van der Waals surface area contributed by atoms with Crippen LogP contribution in [0.1, 0.15) is 5.56 Å². The average Bonchev–Trinajstić information content (AvgIpc) is 2.27. The van der Waals surface area contributed by atoms with Crippen LogP contribution in [0.2, 0.25) is 0 Å². The summed E-state index contributed by atoms with van der Waals surface area (Å²) in [6.45, 7) is 0. The number of hydrogen-bond donors (Lipinski definition) is 0. The lowest BCUT2D eigenvalue weighted by Crippen LogP contribution is -2.22. The van der Waals surface area contributed by atoms with Gasteiger partial charge in [0.05, 0.1) is 5.52 Å². The number of fused-ring (bicyclic) bond motifs is 1. The molecule has 0 spiro atoms. The number of pyridine rings is 1. The predicted molar refractivity (Wildman–Crippen MR) is 53.4 cm³/mol. The first-order valence-corrected chi connectivity index (χ1v) is 4.35. The SMILES string of the molecule is Cn1c(=O)c(C#N)c([O-])c2ccccc21. The van der Waals surface area contributed by atoms with Crippen molar-refractivity contribution in [2.24, 2.45) is 7.05 Å². The Bertz CT molecular complexity index is 635. The van der Waals surface area contributed by atoms with Gasteiger partial charge in [-0.25, -0.2) is 0 Å². The third kappa shape index (κ3) is 1.17. The summed E-state index contributed by atoms with van der Waals surface area (Å²) >= 11 is 0. The van der Waals surface area contributed by atoms with E-state index in [1.54, 1.807) is 37.4 Å². The van der Waals surface area contributed by atoms with Gasteiger partial charge in [0.25, 0.3) is 5.56 Å².